The van der Waals surface area contributed by atoms with Crippen LogP contribution in [0.1, 0.15) is 0 Å². The highest BCUT2D eigenvalue weighted by Crippen LogP contribution is 2.12. The Morgan fingerprint density at radius 2 is 2.36 bits per heavy atom. The van der Waals surface area contributed by atoms with Gasteiger partial charge in [-0.05, 0) is 0 Å². The average Bonchev–Trinajstić information content (AvgIpc) is 2.15. The van der Waals surface area contributed by atoms with Crippen LogP contribution >= 0.6 is 0 Å². The van der Waals surface area contributed by atoms with Crippen LogP contribution in [0.3, 0.4) is 0 Å². The zero-order valence-electron chi connectivity index (χ0n) is 7.90. The number of carbonyl (C=O) groups excluding carboxylic acids is 1. The van der Waals surface area contributed by atoms with E-state index in [2.05, 4.69) is 5.32 Å². The van der Waals surface area contributed by atoms with E-state index in [9.17, 15) is 4.79 Å². The number of morpholine rings is 1. The molecule has 0 aromatic carbocycles. The third-order valence-corrected chi connectivity index (χ3v) is 2.65. The molecule has 14 heavy (non-hydrogen) atoms. The van der Waals surface area contributed by atoms with Crippen LogP contribution in [-0.2, 0) is 9.53 Å². The first-order chi connectivity index (χ1) is 6.81. The molecule has 2 aliphatic heterocycles. The Morgan fingerprint density at radius 3 is 2.93 bits per heavy atom. The molecule has 5 nitrogen and oxygen atoms in total. The lowest BCUT2D eigenvalue weighted by atomic mass is 10.0. The van der Waals surface area contributed by atoms with E-state index in [-0.39, 0.29) is 11.8 Å². The molecule has 2 rings (SSSR count). The van der Waals surface area contributed by atoms with Gasteiger partial charge in [0.1, 0.15) is 0 Å². The Morgan fingerprint density at radius 1 is 1.57 bits per heavy atom. The van der Waals surface area contributed by atoms with Crippen LogP contribution < -0.4 is 5.32 Å². The Kier molecular flexibility index (Phi) is 2.66. The third-order valence-electron chi connectivity index (χ3n) is 2.65. The summed E-state index contributed by atoms with van der Waals surface area (Å²) < 4.78 is 5.17. The number of rotatable bonds is 1. The summed E-state index contributed by atoms with van der Waals surface area (Å²) in [5, 5.41) is 11.7. The zero-order valence-corrected chi connectivity index (χ0v) is 7.90. The topological polar surface area (TPSA) is 65.4 Å². The van der Waals surface area contributed by atoms with Gasteiger partial charge in [0.2, 0.25) is 5.91 Å². The second-order valence-corrected chi connectivity index (χ2v) is 3.63. The minimum Gasteiger partial charge on any atom is -0.360 e. The first-order valence-electron chi connectivity index (χ1n) is 4.82. The van der Waals surface area contributed by atoms with Crippen molar-refractivity contribution in [2.45, 2.75) is 6.10 Å². The second-order valence-electron chi connectivity index (χ2n) is 3.63. The summed E-state index contributed by atoms with van der Waals surface area (Å²) in [7, 11) is 0. The van der Waals surface area contributed by atoms with Crippen molar-refractivity contribution in [3.63, 3.8) is 0 Å². The van der Waals surface area contributed by atoms with Crippen LogP contribution in [0.25, 0.3) is 0 Å². The molecule has 0 aliphatic carbocycles. The average molecular weight is 195 g/mol. The Bertz CT molecular complexity index is 270. The van der Waals surface area contributed by atoms with E-state index in [1.54, 1.807) is 4.90 Å². The molecule has 1 amide bonds. The molecule has 1 atom stereocenters. The van der Waals surface area contributed by atoms with Crippen molar-refractivity contribution in [3.8, 4) is 6.07 Å². The Labute approximate surface area is 82.6 Å². The summed E-state index contributed by atoms with van der Waals surface area (Å²) in [5.41, 5.74) is 0. The lowest BCUT2D eigenvalue weighted by Gasteiger charge is -2.35. The lowest BCUT2D eigenvalue weighted by Crippen LogP contribution is -2.55. The van der Waals surface area contributed by atoms with Crippen LogP contribution in [-0.4, -0.2) is 49.7 Å². The lowest BCUT2D eigenvalue weighted by molar-refractivity contribution is -0.142. The van der Waals surface area contributed by atoms with E-state index in [0.29, 0.717) is 19.7 Å². The van der Waals surface area contributed by atoms with E-state index >= 15 is 0 Å². The summed E-state index contributed by atoms with van der Waals surface area (Å²) in [6.45, 7) is 3.06. The summed E-state index contributed by atoms with van der Waals surface area (Å²) >= 11 is 0. The highest BCUT2D eigenvalue weighted by atomic mass is 16.5. The van der Waals surface area contributed by atoms with Crippen LogP contribution in [0.4, 0.5) is 0 Å². The van der Waals surface area contributed by atoms with Crippen molar-refractivity contribution >= 4 is 5.91 Å². The van der Waals surface area contributed by atoms with Gasteiger partial charge >= 0.3 is 0 Å². The molecule has 0 bridgehead atoms. The van der Waals surface area contributed by atoms with Gasteiger partial charge < -0.3 is 15.0 Å². The molecule has 0 aromatic heterocycles. The summed E-state index contributed by atoms with van der Waals surface area (Å²) in [5.74, 6) is 0.278. The zero-order chi connectivity index (χ0) is 9.97. The Hall–Kier alpha value is -1.12. The summed E-state index contributed by atoms with van der Waals surface area (Å²) in [6.07, 6.45) is -0.444. The quantitative estimate of drug-likeness (QED) is 0.580. The highest BCUT2D eigenvalue weighted by molar-refractivity contribution is 5.80. The van der Waals surface area contributed by atoms with Gasteiger partial charge in [-0.1, -0.05) is 0 Å². The number of nitriles is 1. The van der Waals surface area contributed by atoms with Gasteiger partial charge in [-0.25, -0.2) is 0 Å². The van der Waals surface area contributed by atoms with Crippen molar-refractivity contribution in [1.29, 1.82) is 5.26 Å². The molecule has 0 radical (unpaired) electrons. The number of nitrogens with zero attached hydrogens (tertiary/aromatic N) is 2. The number of carbonyl (C=O) groups is 1. The maximum absolute atomic E-state index is 11.8. The fourth-order valence-corrected chi connectivity index (χ4v) is 1.65. The molecule has 1 N–H and O–H groups in total. The molecule has 5 heteroatoms. The smallest absolute Gasteiger partial charge is 0.228 e. The molecule has 0 spiro atoms. The molecule has 1 unspecified atom stereocenters. The number of amides is 1. The van der Waals surface area contributed by atoms with Crippen LogP contribution in [0.5, 0.6) is 0 Å². The van der Waals surface area contributed by atoms with Crippen molar-refractivity contribution in [2.75, 3.05) is 32.8 Å². The predicted molar refractivity (Wildman–Crippen MR) is 48.3 cm³/mol. The van der Waals surface area contributed by atoms with Crippen molar-refractivity contribution in [2.24, 2.45) is 5.92 Å². The van der Waals surface area contributed by atoms with Crippen molar-refractivity contribution in [3.05, 3.63) is 0 Å². The van der Waals surface area contributed by atoms with E-state index in [4.69, 9.17) is 10.00 Å². The van der Waals surface area contributed by atoms with Gasteiger partial charge in [0.25, 0.3) is 0 Å². The fourth-order valence-electron chi connectivity index (χ4n) is 1.65. The van der Waals surface area contributed by atoms with Gasteiger partial charge in [0, 0.05) is 19.6 Å². The SMILES string of the molecule is N#CC1CN(C(=O)C2CNC2)CCO1. The third kappa shape index (κ3) is 1.72. The monoisotopic (exact) mass is 195 g/mol. The molecule has 2 fully saturated rings. The molecule has 0 saturated carbocycles. The molecular formula is C9H13N3O2. The summed E-state index contributed by atoms with van der Waals surface area (Å²) in [4.78, 5) is 13.5. The molecule has 0 aromatic rings. The van der Waals surface area contributed by atoms with E-state index in [0.717, 1.165) is 13.1 Å². The fraction of sp³-hybridized carbons (Fsp3) is 0.778. The minimum atomic E-state index is -0.444. The standard InChI is InChI=1S/C9H13N3O2/c10-3-8-6-12(1-2-14-8)9(13)7-4-11-5-7/h7-8,11H,1-2,4-6H2. The Balaban J connectivity index is 1.90. The normalized spacial score (nSPS) is 27.9. The second kappa shape index (κ2) is 3.95. The molecule has 76 valence electrons. The van der Waals surface area contributed by atoms with Gasteiger partial charge in [-0.3, -0.25) is 4.79 Å². The van der Waals surface area contributed by atoms with Crippen LogP contribution in [0.15, 0.2) is 0 Å². The maximum Gasteiger partial charge on any atom is 0.228 e. The first-order valence-corrected chi connectivity index (χ1v) is 4.82. The predicted octanol–water partition coefficient (Wildman–Crippen LogP) is -1.04. The minimum absolute atomic E-state index is 0.118. The van der Waals surface area contributed by atoms with Gasteiger partial charge in [-0.2, -0.15) is 5.26 Å². The first kappa shape index (κ1) is 9.44. The van der Waals surface area contributed by atoms with E-state index in [1.165, 1.54) is 0 Å². The van der Waals surface area contributed by atoms with Crippen LogP contribution in [0, 0.1) is 17.2 Å². The van der Waals surface area contributed by atoms with Crippen LogP contribution in [0.2, 0.25) is 0 Å². The van der Waals surface area contributed by atoms with E-state index in [1.807, 2.05) is 6.07 Å². The number of hydrogen-bond acceptors (Lipinski definition) is 4. The van der Waals surface area contributed by atoms with Crippen molar-refractivity contribution in [1.82, 2.24) is 10.2 Å². The van der Waals surface area contributed by atoms with Gasteiger partial charge in [0.05, 0.1) is 25.1 Å². The molecule has 2 saturated heterocycles. The maximum atomic E-state index is 11.8. The highest BCUT2D eigenvalue weighted by Gasteiger charge is 2.32. The summed E-state index contributed by atoms with van der Waals surface area (Å²) in [6, 6.07) is 2.03. The van der Waals surface area contributed by atoms with E-state index < -0.39 is 6.10 Å². The van der Waals surface area contributed by atoms with Gasteiger partial charge in [0.15, 0.2) is 6.10 Å². The van der Waals surface area contributed by atoms with Crippen molar-refractivity contribution < 1.29 is 9.53 Å². The number of hydrogen-bond donors (Lipinski definition) is 1. The molecular weight excluding hydrogens is 182 g/mol. The van der Waals surface area contributed by atoms with Gasteiger partial charge in [-0.15, -0.1) is 0 Å². The number of ether oxygens (including phenoxy) is 1. The molecule has 2 aliphatic rings. The molecule has 2 heterocycles. The number of nitrogens with one attached hydrogen (secondary N) is 1. The largest absolute Gasteiger partial charge is 0.360 e.